The van der Waals surface area contributed by atoms with Gasteiger partial charge in [-0.3, -0.25) is 9.59 Å². The Morgan fingerprint density at radius 3 is 2.54 bits per heavy atom. The number of aryl methyl sites for hydroxylation is 1. The Morgan fingerprint density at radius 1 is 1.11 bits per heavy atom. The van der Waals surface area contributed by atoms with Gasteiger partial charge in [0, 0.05) is 19.1 Å². The maximum absolute atomic E-state index is 13.8. The molecular weight excluding hydrogens is 359 g/mol. The molecule has 148 valence electrons. The van der Waals surface area contributed by atoms with Gasteiger partial charge in [-0.1, -0.05) is 24.3 Å². The summed E-state index contributed by atoms with van der Waals surface area (Å²) in [5.41, 5.74) is 2.23. The van der Waals surface area contributed by atoms with Gasteiger partial charge in [0.1, 0.15) is 11.6 Å². The molecule has 2 amide bonds. The lowest BCUT2D eigenvalue weighted by atomic mass is 10.0. The van der Waals surface area contributed by atoms with E-state index in [9.17, 15) is 14.0 Å². The predicted molar refractivity (Wildman–Crippen MR) is 105 cm³/mol. The van der Waals surface area contributed by atoms with Crippen LogP contribution in [0.5, 0.6) is 5.75 Å². The molecule has 2 aromatic rings. The highest BCUT2D eigenvalue weighted by atomic mass is 19.1. The number of piperidine rings is 1. The molecule has 0 spiro atoms. The Hall–Kier alpha value is -2.89. The third kappa shape index (κ3) is 4.68. The minimum Gasteiger partial charge on any atom is -0.483 e. The quantitative estimate of drug-likeness (QED) is 0.861. The van der Waals surface area contributed by atoms with Gasteiger partial charge >= 0.3 is 0 Å². The smallest absolute Gasteiger partial charge is 0.258 e. The largest absolute Gasteiger partial charge is 0.483 e. The molecule has 0 atom stereocenters. The number of ether oxygens (including phenoxy) is 1. The normalized spacial score (nSPS) is 14.6. The number of likely N-dealkylation sites (tertiary alicyclic amines) is 1. The van der Waals surface area contributed by atoms with Gasteiger partial charge in [0.25, 0.3) is 11.8 Å². The Kier molecular flexibility index (Phi) is 6.29. The number of nitrogens with one attached hydrogen (secondary N) is 1. The number of hydrogen-bond donors (Lipinski definition) is 1. The summed E-state index contributed by atoms with van der Waals surface area (Å²) in [5, 5.41) is 2.96. The molecule has 1 fully saturated rings. The Balaban J connectivity index is 1.46. The monoisotopic (exact) mass is 384 g/mol. The van der Waals surface area contributed by atoms with E-state index in [-0.39, 0.29) is 30.0 Å². The number of carbonyl (C=O) groups excluding carboxylic acids is 2. The van der Waals surface area contributed by atoms with Crippen molar-refractivity contribution in [3.05, 3.63) is 65.0 Å². The summed E-state index contributed by atoms with van der Waals surface area (Å²) in [6.45, 7) is 4.88. The van der Waals surface area contributed by atoms with Crippen LogP contribution in [-0.2, 0) is 4.79 Å². The third-order valence-corrected chi connectivity index (χ3v) is 5.17. The van der Waals surface area contributed by atoms with Crippen LogP contribution in [0.2, 0.25) is 0 Å². The predicted octanol–water partition coefficient (Wildman–Crippen LogP) is 3.24. The first-order chi connectivity index (χ1) is 13.5. The molecule has 0 saturated carbocycles. The van der Waals surface area contributed by atoms with Crippen molar-refractivity contribution in [2.24, 2.45) is 0 Å². The van der Waals surface area contributed by atoms with Crippen molar-refractivity contribution < 1.29 is 18.7 Å². The Labute approximate surface area is 164 Å². The zero-order valence-electron chi connectivity index (χ0n) is 16.2. The zero-order chi connectivity index (χ0) is 20.1. The molecule has 3 rings (SSSR count). The molecule has 28 heavy (non-hydrogen) atoms. The minimum atomic E-state index is -0.508. The third-order valence-electron chi connectivity index (χ3n) is 5.17. The molecule has 1 heterocycles. The molecule has 0 bridgehead atoms. The molecule has 0 aliphatic carbocycles. The van der Waals surface area contributed by atoms with E-state index < -0.39 is 5.82 Å². The van der Waals surface area contributed by atoms with E-state index in [4.69, 9.17) is 4.74 Å². The average molecular weight is 384 g/mol. The lowest BCUT2D eigenvalue weighted by Crippen LogP contribution is -2.47. The number of carbonyl (C=O) groups is 2. The molecule has 0 radical (unpaired) electrons. The second-order valence-corrected chi connectivity index (χ2v) is 7.10. The van der Waals surface area contributed by atoms with E-state index in [1.807, 2.05) is 32.0 Å². The number of nitrogens with zero attached hydrogens (tertiary/aromatic N) is 1. The van der Waals surface area contributed by atoms with Gasteiger partial charge in [-0.2, -0.15) is 0 Å². The average Bonchev–Trinajstić information content (AvgIpc) is 2.69. The van der Waals surface area contributed by atoms with Crippen molar-refractivity contribution in [2.75, 3.05) is 19.7 Å². The van der Waals surface area contributed by atoms with Crippen LogP contribution in [0.1, 0.15) is 34.3 Å². The topological polar surface area (TPSA) is 58.6 Å². The molecule has 1 saturated heterocycles. The standard InChI is InChI=1S/C22H25FN2O3/c1-15-6-5-9-20(16(15)2)28-14-21(26)24-17-10-12-25(13-11-17)22(27)18-7-3-4-8-19(18)23/h3-9,17H,10-14H2,1-2H3,(H,24,26). The SMILES string of the molecule is Cc1cccc(OCC(=O)NC2CCN(C(=O)c3ccccc3F)CC2)c1C. The van der Waals surface area contributed by atoms with Crippen molar-refractivity contribution in [3.8, 4) is 5.75 Å². The molecule has 2 aromatic carbocycles. The second-order valence-electron chi connectivity index (χ2n) is 7.10. The van der Waals surface area contributed by atoms with Crippen molar-refractivity contribution in [3.63, 3.8) is 0 Å². The molecule has 1 N–H and O–H groups in total. The number of amides is 2. The fourth-order valence-corrected chi connectivity index (χ4v) is 3.33. The summed E-state index contributed by atoms with van der Waals surface area (Å²) in [7, 11) is 0. The summed E-state index contributed by atoms with van der Waals surface area (Å²) in [5.74, 6) is -0.284. The van der Waals surface area contributed by atoms with Crippen molar-refractivity contribution in [2.45, 2.75) is 32.7 Å². The van der Waals surface area contributed by atoms with Crippen molar-refractivity contribution in [1.29, 1.82) is 0 Å². The summed E-state index contributed by atoms with van der Waals surface area (Å²) >= 11 is 0. The van der Waals surface area contributed by atoms with Gasteiger partial charge in [0.2, 0.25) is 0 Å². The lowest BCUT2D eigenvalue weighted by molar-refractivity contribution is -0.124. The zero-order valence-corrected chi connectivity index (χ0v) is 16.2. The molecule has 1 aliphatic rings. The highest BCUT2D eigenvalue weighted by Crippen LogP contribution is 2.20. The molecule has 5 nitrogen and oxygen atoms in total. The van der Waals surface area contributed by atoms with Crippen LogP contribution < -0.4 is 10.1 Å². The van der Waals surface area contributed by atoms with Gasteiger partial charge < -0.3 is 15.0 Å². The van der Waals surface area contributed by atoms with Gasteiger partial charge in [0.05, 0.1) is 5.56 Å². The van der Waals surface area contributed by atoms with Crippen LogP contribution >= 0.6 is 0 Å². The summed E-state index contributed by atoms with van der Waals surface area (Å²) < 4.78 is 19.4. The van der Waals surface area contributed by atoms with Crippen molar-refractivity contribution in [1.82, 2.24) is 10.2 Å². The number of hydrogen-bond acceptors (Lipinski definition) is 3. The summed E-state index contributed by atoms with van der Waals surface area (Å²) in [6, 6.07) is 11.7. The van der Waals surface area contributed by atoms with Crippen LogP contribution in [0.15, 0.2) is 42.5 Å². The number of rotatable bonds is 5. The van der Waals surface area contributed by atoms with Crippen LogP contribution in [0.25, 0.3) is 0 Å². The summed E-state index contributed by atoms with van der Waals surface area (Å²) in [4.78, 5) is 26.3. The van der Waals surface area contributed by atoms with Crippen LogP contribution in [0.3, 0.4) is 0 Å². The first-order valence-corrected chi connectivity index (χ1v) is 9.48. The highest BCUT2D eigenvalue weighted by Gasteiger charge is 2.26. The Bertz CT molecular complexity index is 861. The maximum atomic E-state index is 13.8. The highest BCUT2D eigenvalue weighted by molar-refractivity contribution is 5.94. The van der Waals surface area contributed by atoms with E-state index in [2.05, 4.69) is 5.32 Å². The molecular formula is C22H25FN2O3. The van der Waals surface area contributed by atoms with E-state index in [0.29, 0.717) is 31.7 Å². The molecule has 6 heteroatoms. The van der Waals surface area contributed by atoms with E-state index in [0.717, 1.165) is 11.1 Å². The van der Waals surface area contributed by atoms with Gasteiger partial charge in [-0.25, -0.2) is 4.39 Å². The molecule has 0 aromatic heterocycles. The van der Waals surface area contributed by atoms with Crippen LogP contribution in [0.4, 0.5) is 4.39 Å². The van der Waals surface area contributed by atoms with E-state index in [1.54, 1.807) is 17.0 Å². The lowest BCUT2D eigenvalue weighted by Gasteiger charge is -2.32. The van der Waals surface area contributed by atoms with Gasteiger partial charge in [-0.15, -0.1) is 0 Å². The fourth-order valence-electron chi connectivity index (χ4n) is 3.33. The van der Waals surface area contributed by atoms with E-state index >= 15 is 0 Å². The first kappa shape index (κ1) is 19.9. The van der Waals surface area contributed by atoms with Crippen LogP contribution in [-0.4, -0.2) is 42.5 Å². The maximum Gasteiger partial charge on any atom is 0.258 e. The van der Waals surface area contributed by atoms with Gasteiger partial charge in [0.15, 0.2) is 6.61 Å². The molecule has 0 unspecified atom stereocenters. The van der Waals surface area contributed by atoms with Gasteiger partial charge in [-0.05, 0) is 56.0 Å². The molecule has 1 aliphatic heterocycles. The van der Waals surface area contributed by atoms with Crippen molar-refractivity contribution >= 4 is 11.8 Å². The minimum absolute atomic E-state index is 0.0145. The summed E-state index contributed by atoms with van der Waals surface area (Å²) in [6.07, 6.45) is 1.27. The fraction of sp³-hybridized carbons (Fsp3) is 0.364. The van der Waals surface area contributed by atoms with E-state index in [1.165, 1.54) is 12.1 Å². The number of benzene rings is 2. The number of halogens is 1. The second kappa shape index (κ2) is 8.87. The van der Waals surface area contributed by atoms with Crippen LogP contribution in [0, 0.1) is 19.7 Å². The first-order valence-electron chi connectivity index (χ1n) is 9.48. The Morgan fingerprint density at radius 2 is 1.82 bits per heavy atom.